The monoisotopic (exact) mass is 269 g/mol. The Bertz CT molecular complexity index is 820. The molecule has 0 aromatic carbocycles. The average molecular weight is 270 g/mol. The standard InChI is InChI=1S/C11H15BrN2/c1-9-5-7-14(8-6-9)11-4-2-3-10(12)13-11/h2-4,9H,5-8H2,1H3/i1D3,2D,3D,4D,5D2,6D2,7D2,8D2,9D. The molecule has 0 amide bonds. The van der Waals surface area contributed by atoms with Crippen molar-refractivity contribution in [1.29, 1.82) is 0 Å². The van der Waals surface area contributed by atoms with Crippen molar-refractivity contribution in [3.63, 3.8) is 0 Å². The van der Waals surface area contributed by atoms with Gasteiger partial charge in [-0.15, -0.1) is 0 Å². The predicted octanol–water partition coefficient (Wildman–Crippen LogP) is 3.08. The summed E-state index contributed by atoms with van der Waals surface area (Å²) in [5.74, 6) is -4.91. The largest absolute Gasteiger partial charge is 0.357 e. The second-order valence-electron chi connectivity index (χ2n) is 2.29. The summed E-state index contributed by atoms with van der Waals surface area (Å²) in [6, 6.07) is -2.42. The van der Waals surface area contributed by atoms with Gasteiger partial charge in [-0.25, -0.2) is 4.98 Å². The maximum Gasteiger partial charge on any atom is 0.129 e. The van der Waals surface area contributed by atoms with Gasteiger partial charge >= 0.3 is 0 Å². The summed E-state index contributed by atoms with van der Waals surface area (Å²) in [5.41, 5.74) is 0. The van der Waals surface area contributed by atoms with E-state index in [9.17, 15) is 0 Å². The zero-order valence-corrected chi connectivity index (χ0v) is 8.36. The van der Waals surface area contributed by atoms with Crippen molar-refractivity contribution >= 4 is 21.7 Å². The molecule has 3 heteroatoms. The van der Waals surface area contributed by atoms with Crippen molar-refractivity contribution < 1.29 is 20.6 Å². The van der Waals surface area contributed by atoms with Gasteiger partial charge in [0.05, 0.1) is 4.11 Å². The van der Waals surface area contributed by atoms with Gasteiger partial charge in [-0.2, -0.15) is 0 Å². The van der Waals surface area contributed by atoms with E-state index in [-0.39, 0.29) is 4.90 Å². The van der Waals surface area contributed by atoms with Crippen molar-refractivity contribution in [3.05, 3.63) is 22.7 Å². The Labute approximate surface area is 115 Å². The van der Waals surface area contributed by atoms with Crippen LogP contribution in [0.4, 0.5) is 5.82 Å². The lowest BCUT2D eigenvalue weighted by atomic mass is 9.99. The molecule has 2 nitrogen and oxygen atoms in total. The lowest BCUT2D eigenvalue weighted by Gasteiger charge is -2.31. The molecule has 0 saturated carbocycles. The van der Waals surface area contributed by atoms with E-state index in [2.05, 4.69) is 20.9 Å². The molecule has 0 radical (unpaired) electrons. The molecular formula is C11H15BrN2. The van der Waals surface area contributed by atoms with Crippen molar-refractivity contribution in [1.82, 2.24) is 4.98 Å². The molecule has 76 valence electrons. The third-order valence-corrected chi connectivity index (χ3v) is 1.72. The van der Waals surface area contributed by atoms with Gasteiger partial charge in [-0.05, 0) is 46.7 Å². The number of hydrogen-bond donors (Lipinski definition) is 0. The third kappa shape index (κ3) is 2.27. The highest BCUT2D eigenvalue weighted by Gasteiger charge is 2.16. The van der Waals surface area contributed by atoms with Crippen LogP contribution >= 0.6 is 15.9 Å². The van der Waals surface area contributed by atoms with Crippen molar-refractivity contribution in [2.75, 3.05) is 17.9 Å². The van der Waals surface area contributed by atoms with Crippen LogP contribution in [-0.2, 0) is 0 Å². The molecule has 1 aliphatic heterocycles. The fraction of sp³-hybridized carbons (Fsp3) is 0.545. The molecule has 0 N–H and O–H groups in total. The van der Waals surface area contributed by atoms with Gasteiger partial charge < -0.3 is 4.90 Å². The van der Waals surface area contributed by atoms with E-state index >= 15 is 0 Å². The van der Waals surface area contributed by atoms with Crippen molar-refractivity contribution in [2.24, 2.45) is 5.89 Å². The van der Waals surface area contributed by atoms with Gasteiger partial charge in [0, 0.05) is 29.4 Å². The molecule has 0 aliphatic carbocycles. The van der Waals surface area contributed by atoms with Gasteiger partial charge in [0.15, 0.2) is 0 Å². The summed E-state index contributed by atoms with van der Waals surface area (Å²) in [6.07, 6.45) is -7.69. The highest BCUT2D eigenvalue weighted by Crippen LogP contribution is 2.22. The van der Waals surface area contributed by atoms with Gasteiger partial charge in [0.1, 0.15) is 10.4 Å². The maximum absolute atomic E-state index is 8.18. The van der Waals surface area contributed by atoms with E-state index in [1.54, 1.807) is 0 Å². The predicted molar refractivity (Wildman–Crippen MR) is 62.5 cm³/mol. The highest BCUT2D eigenvalue weighted by atomic mass is 79.9. The minimum absolute atomic E-state index is 0.191. The number of anilines is 1. The van der Waals surface area contributed by atoms with Crippen LogP contribution in [0.2, 0.25) is 0 Å². The van der Waals surface area contributed by atoms with Gasteiger partial charge in [0.2, 0.25) is 0 Å². The fourth-order valence-corrected chi connectivity index (χ4v) is 1.05. The lowest BCUT2D eigenvalue weighted by molar-refractivity contribution is 0.436. The zero-order valence-electron chi connectivity index (χ0n) is 21.8. The summed E-state index contributed by atoms with van der Waals surface area (Å²) < 4.78 is 119. The summed E-state index contributed by atoms with van der Waals surface area (Å²) in [4.78, 5) is 3.43. The molecule has 0 atom stereocenters. The van der Waals surface area contributed by atoms with Crippen LogP contribution in [0.5, 0.6) is 0 Å². The van der Waals surface area contributed by atoms with E-state index in [4.69, 9.17) is 20.6 Å². The first-order chi connectivity index (χ1) is 12.6. The molecule has 0 bridgehead atoms. The molecule has 0 unspecified atom stereocenters. The van der Waals surface area contributed by atoms with Crippen LogP contribution in [0, 0.1) is 5.89 Å². The van der Waals surface area contributed by atoms with Crippen LogP contribution in [0.1, 0.15) is 40.2 Å². The van der Waals surface area contributed by atoms with Crippen LogP contribution in [0.3, 0.4) is 0 Å². The van der Waals surface area contributed by atoms with Crippen LogP contribution < -0.4 is 4.90 Å². The molecule has 0 spiro atoms. The minimum Gasteiger partial charge on any atom is -0.357 e. The quantitative estimate of drug-likeness (QED) is 0.729. The number of hydrogen-bond acceptors (Lipinski definition) is 2. The fourth-order valence-electron chi connectivity index (χ4n) is 0.782. The molecule has 2 heterocycles. The number of pyridine rings is 1. The molecule has 1 saturated heterocycles. The van der Waals surface area contributed by atoms with Crippen LogP contribution in [0.15, 0.2) is 22.7 Å². The summed E-state index contributed by atoms with van der Waals surface area (Å²) in [5, 5.41) is 0. The smallest absolute Gasteiger partial charge is 0.129 e. The van der Waals surface area contributed by atoms with Gasteiger partial charge in [-0.3, -0.25) is 0 Å². The van der Waals surface area contributed by atoms with E-state index in [1.807, 2.05) is 0 Å². The number of aromatic nitrogens is 1. The van der Waals surface area contributed by atoms with E-state index < -0.39 is 67.0 Å². The molecular weight excluding hydrogens is 240 g/mol. The van der Waals surface area contributed by atoms with Crippen LogP contribution in [-0.4, -0.2) is 18.0 Å². The normalized spacial score (nSPS) is 51.8. The summed E-state index contributed by atoms with van der Waals surface area (Å²) >= 11 is 2.80. The summed E-state index contributed by atoms with van der Waals surface area (Å²) in [7, 11) is 0. The second kappa shape index (κ2) is 4.30. The van der Waals surface area contributed by atoms with E-state index in [1.165, 1.54) is 0 Å². The Morgan fingerprint density at radius 2 is 2.50 bits per heavy atom. The molecule has 14 heavy (non-hydrogen) atoms. The third-order valence-electron chi connectivity index (χ3n) is 1.34. The SMILES string of the molecule is [2H]c1c(Br)nc(N2C([2H])([2H])C([2H])([2H])C([2H])(C([2H])([2H])[2H])C([2H])([2H])C2([2H])[2H])c([2H])c1[2H]. The number of nitrogens with zero attached hydrogens (tertiary/aromatic N) is 2. The molecule has 1 aliphatic rings. The first-order valence-electron chi connectivity index (χ1n) is 11.1. The average Bonchev–Trinajstić information content (AvgIpc) is 2.53. The first-order valence-corrected chi connectivity index (χ1v) is 4.35. The Morgan fingerprint density at radius 3 is 3.21 bits per heavy atom. The Hall–Kier alpha value is -0.570. The number of rotatable bonds is 1. The van der Waals surface area contributed by atoms with Gasteiger partial charge in [0.25, 0.3) is 0 Å². The van der Waals surface area contributed by atoms with E-state index in [0.717, 1.165) is 0 Å². The topological polar surface area (TPSA) is 16.1 Å². The van der Waals surface area contributed by atoms with Crippen molar-refractivity contribution in [2.45, 2.75) is 19.6 Å². The highest BCUT2D eigenvalue weighted by molar-refractivity contribution is 9.10. The molecule has 1 aromatic heterocycles. The van der Waals surface area contributed by atoms with Crippen molar-refractivity contribution in [3.8, 4) is 0 Å². The van der Waals surface area contributed by atoms with E-state index in [0.29, 0.717) is 0 Å². The first kappa shape index (κ1) is 2.40. The Balaban J connectivity index is 3.00. The Morgan fingerprint density at radius 1 is 1.71 bits per heavy atom. The van der Waals surface area contributed by atoms with Crippen LogP contribution in [0.25, 0.3) is 0 Å². The zero-order chi connectivity index (χ0) is 23.2. The maximum atomic E-state index is 8.18. The Kier molecular flexibility index (Phi) is 0.736. The summed E-state index contributed by atoms with van der Waals surface area (Å²) in [6.45, 7) is -11.2. The second-order valence-corrected chi connectivity index (χ2v) is 3.04. The lowest BCUT2D eigenvalue weighted by Crippen LogP contribution is -2.33. The minimum atomic E-state index is -3.89. The van der Waals surface area contributed by atoms with Gasteiger partial charge in [-0.1, -0.05) is 12.9 Å². The molecule has 2 rings (SSSR count). The number of halogens is 1. The number of piperidine rings is 1. The molecule has 1 aromatic rings. The molecule has 1 fully saturated rings.